The highest BCUT2D eigenvalue weighted by molar-refractivity contribution is 5.81. The number of rotatable bonds is 14. The summed E-state index contributed by atoms with van der Waals surface area (Å²) >= 11 is 0. The number of esters is 1. The van der Waals surface area contributed by atoms with Crippen LogP contribution >= 0.6 is 0 Å². The minimum Gasteiger partial charge on any atom is -0.481 e. The van der Waals surface area contributed by atoms with Gasteiger partial charge in [0.25, 0.3) is 0 Å². The Morgan fingerprint density at radius 3 is 2.41 bits per heavy atom. The summed E-state index contributed by atoms with van der Waals surface area (Å²) in [5.74, 6) is -1.12. The molecular weight excluding hydrogens is 500 g/mol. The number of aliphatic carboxylic acids is 1. The van der Waals surface area contributed by atoms with Crippen molar-refractivity contribution in [2.45, 2.75) is 108 Å². The second kappa shape index (κ2) is 12.3. The van der Waals surface area contributed by atoms with Crippen LogP contribution in [-0.2, 0) is 46.2 Å². The van der Waals surface area contributed by atoms with Gasteiger partial charge in [-0.05, 0) is 64.0 Å². The zero-order valence-electron chi connectivity index (χ0n) is 23.6. The van der Waals surface area contributed by atoms with Crippen molar-refractivity contribution in [1.82, 2.24) is 0 Å². The molecule has 2 saturated heterocycles. The molecule has 1 saturated carbocycles. The summed E-state index contributed by atoms with van der Waals surface area (Å²) < 4.78 is 24.2. The van der Waals surface area contributed by atoms with Gasteiger partial charge in [-0.3, -0.25) is 14.4 Å². The molecule has 0 radical (unpaired) electrons. The number of hydrogen-bond acceptors (Lipinski definition) is 7. The van der Waals surface area contributed by atoms with E-state index < -0.39 is 5.97 Å². The first kappa shape index (κ1) is 29.4. The third-order valence-corrected chi connectivity index (χ3v) is 8.41. The van der Waals surface area contributed by atoms with Crippen LogP contribution in [0.5, 0.6) is 0 Å². The number of ether oxygens (including phenoxy) is 4. The molecule has 0 bridgehead atoms. The van der Waals surface area contributed by atoms with Crippen molar-refractivity contribution in [2.24, 2.45) is 5.92 Å². The third-order valence-electron chi connectivity index (χ3n) is 8.41. The molecule has 1 aliphatic carbocycles. The highest BCUT2D eigenvalue weighted by Crippen LogP contribution is 2.59. The summed E-state index contributed by atoms with van der Waals surface area (Å²) in [4.78, 5) is 35.5. The van der Waals surface area contributed by atoms with Gasteiger partial charge in [-0.25, -0.2) is 0 Å². The third kappa shape index (κ3) is 7.35. The highest BCUT2D eigenvalue weighted by atomic mass is 16.6. The maximum absolute atomic E-state index is 12.9. The van der Waals surface area contributed by atoms with E-state index in [1.807, 2.05) is 24.3 Å². The largest absolute Gasteiger partial charge is 0.481 e. The lowest BCUT2D eigenvalue weighted by Gasteiger charge is -2.42. The molecule has 8 heteroatoms. The van der Waals surface area contributed by atoms with Crippen LogP contribution in [0.4, 0.5) is 0 Å². The van der Waals surface area contributed by atoms with Gasteiger partial charge in [0.2, 0.25) is 0 Å². The van der Waals surface area contributed by atoms with Crippen molar-refractivity contribution in [3.63, 3.8) is 0 Å². The monoisotopic (exact) mass is 542 g/mol. The van der Waals surface area contributed by atoms with Gasteiger partial charge in [-0.15, -0.1) is 0 Å². The quantitative estimate of drug-likeness (QED) is 0.206. The molecule has 2 heterocycles. The van der Waals surface area contributed by atoms with Gasteiger partial charge >= 0.3 is 11.9 Å². The van der Waals surface area contributed by atoms with Crippen LogP contribution in [0.25, 0.3) is 0 Å². The zero-order chi connectivity index (χ0) is 28.2. The maximum atomic E-state index is 12.9. The Bertz CT molecular complexity index is 1070. The fourth-order valence-corrected chi connectivity index (χ4v) is 6.12. The number of hydrogen-bond donors (Lipinski definition) is 1. The standard InChI is InChI=1S/C31H42O8/c1-20(2)8-14-25-30(3,39-25)29-28(36-4)24(16-17-31(29)19-37-31)38-27(35)15-13-21-9-11-22(12-10-21)18-23(32)6-5-7-26(33)34/h8-12,24-25,28-29H,5-7,13-19H2,1-4H3,(H,33,34)/t24-,25-,28-,29-,30+,31+/m1/s1. The molecule has 6 atom stereocenters. The van der Waals surface area contributed by atoms with E-state index >= 15 is 0 Å². The molecule has 1 N–H and O–H groups in total. The summed E-state index contributed by atoms with van der Waals surface area (Å²) in [6.07, 6.45) is 5.74. The Hall–Kier alpha value is -2.55. The number of epoxide rings is 2. The number of Topliss-reactive ketones (excluding diaryl/α,β-unsaturated/α-hetero) is 1. The van der Waals surface area contributed by atoms with E-state index in [4.69, 9.17) is 24.1 Å². The maximum Gasteiger partial charge on any atom is 0.306 e. The summed E-state index contributed by atoms with van der Waals surface area (Å²) in [6, 6.07) is 7.63. The van der Waals surface area contributed by atoms with Crippen molar-refractivity contribution in [2.75, 3.05) is 13.7 Å². The van der Waals surface area contributed by atoms with E-state index in [1.54, 1.807) is 7.11 Å². The molecule has 0 amide bonds. The average Bonchev–Trinajstić information content (AvgIpc) is 3.80. The molecule has 4 rings (SSSR count). The van der Waals surface area contributed by atoms with Crippen molar-refractivity contribution in [3.05, 3.63) is 47.0 Å². The Morgan fingerprint density at radius 1 is 1.10 bits per heavy atom. The van der Waals surface area contributed by atoms with Gasteiger partial charge in [0.15, 0.2) is 0 Å². The van der Waals surface area contributed by atoms with Gasteiger partial charge in [0.1, 0.15) is 29.2 Å². The summed E-state index contributed by atoms with van der Waals surface area (Å²) in [6.45, 7) is 6.99. The number of methoxy groups -OCH3 is 1. The first-order valence-corrected chi connectivity index (χ1v) is 14.0. The molecule has 214 valence electrons. The zero-order valence-corrected chi connectivity index (χ0v) is 23.6. The second-order valence-electron chi connectivity index (χ2n) is 11.7. The molecule has 1 aromatic carbocycles. The lowest BCUT2D eigenvalue weighted by Crippen LogP contribution is -2.55. The minimum atomic E-state index is -0.887. The topological polar surface area (TPSA) is 115 Å². The number of carbonyl (C=O) groups excluding carboxylic acids is 2. The molecule has 0 aromatic heterocycles. The van der Waals surface area contributed by atoms with E-state index in [1.165, 1.54) is 5.57 Å². The van der Waals surface area contributed by atoms with Crippen LogP contribution in [-0.4, -0.2) is 66.1 Å². The van der Waals surface area contributed by atoms with E-state index in [0.29, 0.717) is 25.9 Å². The van der Waals surface area contributed by atoms with Crippen LogP contribution < -0.4 is 0 Å². The Kier molecular flexibility index (Phi) is 9.29. The first-order valence-electron chi connectivity index (χ1n) is 14.0. The molecule has 39 heavy (non-hydrogen) atoms. The molecule has 8 nitrogen and oxygen atoms in total. The second-order valence-corrected chi connectivity index (χ2v) is 11.7. The Morgan fingerprint density at radius 2 is 1.79 bits per heavy atom. The fourth-order valence-electron chi connectivity index (χ4n) is 6.12. The predicted molar refractivity (Wildman–Crippen MR) is 144 cm³/mol. The molecule has 1 spiro atoms. The van der Waals surface area contributed by atoms with Crippen LogP contribution in [0.1, 0.15) is 76.8 Å². The predicted octanol–water partition coefficient (Wildman–Crippen LogP) is 4.61. The number of aryl methyl sites for hydroxylation is 1. The smallest absolute Gasteiger partial charge is 0.306 e. The van der Waals surface area contributed by atoms with E-state index in [0.717, 1.165) is 24.0 Å². The normalized spacial score (nSPS) is 31.0. The number of allylic oxidation sites excluding steroid dienone is 1. The van der Waals surface area contributed by atoms with Crippen LogP contribution in [0.3, 0.4) is 0 Å². The molecular formula is C31H42O8. The van der Waals surface area contributed by atoms with Crippen LogP contribution in [0.2, 0.25) is 0 Å². The van der Waals surface area contributed by atoms with E-state index in [-0.39, 0.29) is 72.9 Å². The minimum absolute atomic E-state index is 0.00325. The van der Waals surface area contributed by atoms with Crippen LogP contribution in [0.15, 0.2) is 35.9 Å². The summed E-state index contributed by atoms with van der Waals surface area (Å²) in [5.41, 5.74) is 2.52. The highest BCUT2D eigenvalue weighted by Gasteiger charge is 2.72. The SMILES string of the molecule is CO[C@@H]1[C@H](OC(=O)CCc2ccc(CC(=O)CCCC(=O)O)cc2)CC[C@]2(CO2)[C@H]1[C@@]1(C)O[C@@H]1CC=C(C)C. The number of ketones is 1. The summed E-state index contributed by atoms with van der Waals surface area (Å²) in [5, 5.41) is 8.70. The van der Waals surface area contributed by atoms with Crippen molar-refractivity contribution < 1.29 is 38.4 Å². The lowest BCUT2D eigenvalue weighted by molar-refractivity contribution is -0.171. The lowest BCUT2D eigenvalue weighted by atomic mass is 9.68. The van der Waals surface area contributed by atoms with E-state index in [9.17, 15) is 14.4 Å². The van der Waals surface area contributed by atoms with Crippen molar-refractivity contribution in [3.8, 4) is 0 Å². The molecule has 2 aliphatic heterocycles. The summed E-state index contributed by atoms with van der Waals surface area (Å²) in [7, 11) is 1.68. The van der Waals surface area contributed by atoms with Gasteiger partial charge in [0.05, 0.1) is 18.6 Å². The van der Waals surface area contributed by atoms with Crippen molar-refractivity contribution >= 4 is 17.7 Å². The Labute approximate surface area is 231 Å². The molecule has 1 aromatic rings. The van der Waals surface area contributed by atoms with Crippen LogP contribution in [0, 0.1) is 5.92 Å². The number of carboxylic acid groups (broad SMARTS) is 1. The Balaban J connectivity index is 1.28. The van der Waals surface area contributed by atoms with Gasteiger partial charge < -0.3 is 24.1 Å². The van der Waals surface area contributed by atoms with Gasteiger partial charge in [-0.1, -0.05) is 35.9 Å². The van der Waals surface area contributed by atoms with E-state index in [2.05, 4.69) is 26.8 Å². The average molecular weight is 543 g/mol. The number of benzene rings is 1. The fraction of sp³-hybridized carbons (Fsp3) is 0.645. The number of carbonyl (C=O) groups is 3. The number of carboxylic acids is 1. The van der Waals surface area contributed by atoms with Gasteiger partial charge in [0, 0.05) is 32.8 Å². The molecule has 3 fully saturated rings. The first-order chi connectivity index (χ1) is 18.6. The molecule has 0 unspecified atom stereocenters. The van der Waals surface area contributed by atoms with Gasteiger partial charge in [-0.2, -0.15) is 0 Å². The van der Waals surface area contributed by atoms with Crippen molar-refractivity contribution in [1.29, 1.82) is 0 Å². The molecule has 3 aliphatic rings.